The van der Waals surface area contributed by atoms with Crippen LogP contribution in [0.2, 0.25) is 0 Å². The minimum absolute atomic E-state index is 0.585. The zero-order chi connectivity index (χ0) is 12.8. The summed E-state index contributed by atoms with van der Waals surface area (Å²) in [4.78, 5) is 9.00. The van der Waals surface area contributed by atoms with Crippen molar-refractivity contribution in [2.75, 3.05) is 19.6 Å². The number of alkyl halides is 1. The summed E-state index contributed by atoms with van der Waals surface area (Å²) in [7, 11) is 1.73. The maximum atomic E-state index is 5.83. The SMILES string of the molecule is COCCCCn1c(CCCl)nc2cccnc21. The van der Waals surface area contributed by atoms with Crippen LogP contribution in [0.4, 0.5) is 0 Å². The van der Waals surface area contributed by atoms with Gasteiger partial charge in [0.1, 0.15) is 11.3 Å². The van der Waals surface area contributed by atoms with Crippen molar-refractivity contribution < 1.29 is 4.74 Å². The number of halogens is 1. The van der Waals surface area contributed by atoms with Crippen LogP contribution >= 0.6 is 11.6 Å². The Morgan fingerprint density at radius 2 is 2.28 bits per heavy atom. The Bertz CT molecular complexity index is 498. The summed E-state index contributed by atoms with van der Waals surface area (Å²) in [5.41, 5.74) is 1.90. The Labute approximate surface area is 112 Å². The van der Waals surface area contributed by atoms with E-state index >= 15 is 0 Å². The smallest absolute Gasteiger partial charge is 0.159 e. The molecule has 2 aromatic rings. The lowest BCUT2D eigenvalue weighted by atomic mass is 10.3. The highest BCUT2D eigenvalue weighted by atomic mass is 35.5. The van der Waals surface area contributed by atoms with Crippen LogP contribution in [0.1, 0.15) is 18.7 Å². The standard InChI is InChI=1S/C13H18ClN3O/c1-18-10-3-2-9-17-12(6-7-14)16-11-5-4-8-15-13(11)17/h4-5,8H,2-3,6-7,9-10H2,1H3. The molecule has 2 heterocycles. The molecule has 0 amide bonds. The molecular formula is C13H18ClN3O. The van der Waals surface area contributed by atoms with Gasteiger partial charge < -0.3 is 9.30 Å². The first-order valence-electron chi connectivity index (χ1n) is 6.22. The van der Waals surface area contributed by atoms with E-state index < -0.39 is 0 Å². The zero-order valence-electron chi connectivity index (χ0n) is 10.6. The first-order chi connectivity index (χ1) is 8.86. The van der Waals surface area contributed by atoms with Gasteiger partial charge in [-0.05, 0) is 25.0 Å². The van der Waals surface area contributed by atoms with E-state index in [0.29, 0.717) is 5.88 Å². The number of rotatable bonds is 7. The van der Waals surface area contributed by atoms with Gasteiger partial charge in [-0.25, -0.2) is 9.97 Å². The first kappa shape index (κ1) is 13.3. The van der Waals surface area contributed by atoms with Gasteiger partial charge in [-0.1, -0.05) is 0 Å². The fourth-order valence-corrected chi connectivity index (χ4v) is 2.20. The number of fused-ring (bicyclic) bond motifs is 1. The Morgan fingerprint density at radius 3 is 3.06 bits per heavy atom. The predicted molar refractivity (Wildman–Crippen MR) is 73.1 cm³/mol. The van der Waals surface area contributed by atoms with Crippen LogP contribution in [0, 0.1) is 0 Å². The average Bonchev–Trinajstić information content (AvgIpc) is 2.73. The first-order valence-corrected chi connectivity index (χ1v) is 6.75. The maximum absolute atomic E-state index is 5.83. The number of hydrogen-bond acceptors (Lipinski definition) is 3. The number of aromatic nitrogens is 3. The van der Waals surface area contributed by atoms with Crippen LogP contribution < -0.4 is 0 Å². The summed E-state index contributed by atoms with van der Waals surface area (Å²) in [6, 6.07) is 3.90. The van der Waals surface area contributed by atoms with Crippen molar-refractivity contribution in [2.45, 2.75) is 25.8 Å². The molecule has 0 spiro atoms. The third-order valence-electron chi connectivity index (χ3n) is 2.88. The summed E-state index contributed by atoms with van der Waals surface area (Å²) < 4.78 is 7.24. The second-order valence-corrected chi connectivity index (χ2v) is 4.54. The Hall–Kier alpha value is -1.13. The highest BCUT2D eigenvalue weighted by Crippen LogP contribution is 2.15. The van der Waals surface area contributed by atoms with E-state index in [1.807, 2.05) is 12.1 Å². The maximum Gasteiger partial charge on any atom is 0.159 e. The summed E-state index contributed by atoms with van der Waals surface area (Å²) in [5, 5.41) is 0. The predicted octanol–water partition coefficient (Wildman–Crippen LogP) is 2.64. The largest absolute Gasteiger partial charge is 0.385 e. The van der Waals surface area contributed by atoms with E-state index in [1.54, 1.807) is 13.3 Å². The highest BCUT2D eigenvalue weighted by Gasteiger charge is 2.10. The van der Waals surface area contributed by atoms with E-state index in [0.717, 1.165) is 49.4 Å². The number of nitrogens with zero attached hydrogens (tertiary/aromatic N) is 3. The quantitative estimate of drug-likeness (QED) is 0.572. The number of ether oxygens (including phenoxy) is 1. The normalized spacial score (nSPS) is 11.2. The van der Waals surface area contributed by atoms with E-state index in [2.05, 4.69) is 14.5 Å². The average molecular weight is 268 g/mol. The van der Waals surface area contributed by atoms with Crippen LogP contribution in [0.3, 0.4) is 0 Å². The van der Waals surface area contributed by atoms with Crippen LogP contribution in [0.5, 0.6) is 0 Å². The van der Waals surface area contributed by atoms with Gasteiger partial charge in [0, 0.05) is 38.8 Å². The molecular weight excluding hydrogens is 250 g/mol. The monoisotopic (exact) mass is 267 g/mol. The van der Waals surface area contributed by atoms with E-state index in [4.69, 9.17) is 16.3 Å². The number of hydrogen-bond donors (Lipinski definition) is 0. The molecule has 98 valence electrons. The minimum atomic E-state index is 0.585. The zero-order valence-corrected chi connectivity index (χ0v) is 11.4. The van der Waals surface area contributed by atoms with Crippen molar-refractivity contribution in [1.82, 2.24) is 14.5 Å². The summed E-state index contributed by atoms with van der Waals surface area (Å²) >= 11 is 5.83. The molecule has 0 saturated carbocycles. The van der Waals surface area contributed by atoms with Gasteiger partial charge in [-0.2, -0.15) is 0 Å². The molecule has 0 saturated heterocycles. The van der Waals surface area contributed by atoms with Gasteiger partial charge in [0.15, 0.2) is 5.65 Å². The van der Waals surface area contributed by atoms with Crippen LogP contribution in [-0.2, 0) is 17.7 Å². The topological polar surface area (TPSA) is 39.9 Å². The molecule has 18 heavy (non-hydrogen) atoms. The fraction of sp³-hybridized carbons (Fsp3) is 0.538. The molecule has 0 aliphatic heterocycles. The third kappa shape index (κ3) is 3.00. The minimum Gasteiger partial charge on any atom is -0.385 e. The van der Waals surface area contributed by atoms with Gasteiger partial charge in [0.05, 0.1) is 0 Å². The van der Waals surface area contributed by atoms with Gasteiger partial charge >= 0.3 is 0 Å². The van der Waals surface area contributed by atoms with Crippen molar-refractivity contribution in [3.05, 3.63) is 24.2 Å². The summed E-state index contributed by atoms with van der Waals surface area (Å²) in [6.07, 6.45) is 4.69. The van der Waals surface area contributed by atoms with Crippen molar-refractivity contribution in [3.63, 3.8) is 0 Å². The fourth-order valence-electron chi connectivity index (χ4n) is 2.03. The molecule has 0 atom stereocenters. The Balaban J connectivity index is 2.19. The van der Waals surface area contributed by atoms with Gasteiger partial charge in [-0.3, -0.25) is 0 Å². The molecule has 0 bridgehead atoms. The number of unbranched alkanes of at least 4 members (excludes halogenated alkanes) is 1. The molecule has 0 radical (unpaired) electrons. The molecule has 0 aliphatic rings. The Morgan fingerprint density at radius 1 is 1.39 bits per heavy atom. The lowest BCUT2D eigenvalue weighted by Gasteiger charge is -2.07. The second kappa shape index (κ2) is 6.71. The van der Waals surface area contributed by atoms with E-state index in [-0.39, 0.29) is 0 Å². The lowest BCUT2D eigenvalue weighted by Crippen LogP contribution is -2.06. The number of pyridine rings is 1. The summed E-state index contributed by atoms with van der Waals surface area (Å²) in [5.74, 6) is 1.61. The molecule has 4 nitrogen and oxygen atoms in total. The molecule has 0 aliphatic carbocycles. The number of methoxy groups -OCH3 is 1. The van der Waals surface area contributed by atoms with Crippen LogP contribution in [0.25, 0.3) is 11.2 Å². The molecule has 2 rings (SSSR count). The Kier molecular flexibility index (Phi) is 4.96. The molecule has 0 aromatic carbocycles. The molecule has 2 aromatic heterocycles. The van der Waals surface area contributed by atoms with E-state index in [9.17, 15) is 0 Å². The lowest BCUT2D eigenvalue weighted by molar-refractivity contribution is 0.191. The summed E-state index contributed by atoms with van der Waals surface area (Å²) in [6.45, 7) is 1.72. The highest BCUT2D eigenvalue weighted by molar-refractivity contribution is 6.17. The van der Waals surface area contributed by atoms with Crippen molar-refractivity contribution in [2.24, 2.45) is 0 Å². The van der Waals surface area contributed by atoms with Crippen LogP contribution in [0.15, 0.2) is 18.3 Å². The molecule has 0 N–H and O–H groups in total. The molecule has 0 unspecified atom stereocenters. The second-order valence-electron chi connectivity index (χ2n) is 4.16. The van der Waals surface area contributed by atoms with Crippen molar-refractivity contribution in [1.29, 1.82) is 0 Å². The van der Waals surface area contributed by atoms with Gasteiger partial charge in [0.2, 0.25) is 0 Å². The van der Waals surface area contributed by atoms with Gasteiger partial charge in [-0.15, -0.1) is 11.6 Å². The van der Waals surface area contributed by atoms with Crippen molar-refractivity contribution in [3.8, 4) is 0 Å². The number of imidazole rings is 1. The third-order valence-corrected chi connectivity index (χ3v) is 3.07. The van der Waals surface area contributed by atoms with E-state index in [1.165, 1.54) is 0 Å². The van der Waals surface area contributed by atoms with Crippen molar-refractivity contribution >= 4 is 22.8 Å². The molecule has 0 fully saturated rings. The number of aryl methyl sites for hydroxylation is 2. The molecule has 5 heteroatoms. The van der Waals surface area contributed by atoms with Crippen LogP contribution in [-0.4, -0.2) is 34.1 Å². The van der Waals surface area contributed by atoms with Gasteiger partial charge in [0.25, 0.3) is 0 Å².